The van der Waals surface area contributed by atoms with Crippen LogP contribution in [0.25, 0.3) is 0 Å². The average molecular weight is 295 g/mol. The van der Waals surface area contributed by atoms with Crippen molar-refractivity contribution in [3.05, 3.63) is 18.2 Å². The second-order valence-electron chi connectivity index (χ2n) is 5.56. The van der Waals surface area contributed by atoms with E-state index in [1.54, 1.807) is 12.1 Å². The molecule has 0 aliphatic carbocycles. The molecular weight excluding hydrogens is 270 g/mol. The second-order valence-corrected chi connectivity index (χ2v) is 5.56. The predicted molar refractivity (Wildman–Crippen MR) is 84.7 cm³/mol. The Hall–Kier alpha value is -2.11. The molecule has 6 heteroatoms. The van der Waals surface area contributed by atoms with Gasteiger partial charge in [0, 0.05) is 12.6 Å². The number of carbonyl (C=O) groups is 1. The minimum atomic E-state index is -0.497. The molecule has 0 spiro atoms. The Labute approximate surface area is 126 Å². The summed E-state index contributed by atoms with van der Waals surface area (Å²) in [6.07, 6.45) is -0.447. The highest BCUT2D eigenvalue weighted by Crippen LogP contribution is 2.24. The summed E-state index contributed by atoms with van der Waals surface area (Å²) in [6.45, 7) is 8.97. The molecule has 4 N–H and O–H groups in total. The SMILES string of the molecule is CCNc1cc(OCCNC(=O)OC(C)(C)C)ccc1N. The Morgan fingerprint density at radius 2 is 2.05 bits per heavy atom. The van der Waals surface area contributed by atoms with Crippen molar-refractivity contribution in [1.82, 2.24) is 5.32 Å². The molecule has 1 aromatic carbocycles. The van der Waals surface area contributed by atoms with Crippen molar-refractivity contribution in [2.45, 2.75) is 33.3 Å². The first-order valence-corrected chi connectivity index (χ1v) is 7.05. The molecule has 1 amide bonds. The van der Waals surface area contributed by atoms with Gasteiger partial charge >= 0.3 is 6.09 Å². The molecule has 0 saturated heterocycles. The number of anilines is 2. The van der Waals surface area contributed by atoms with Crippen molar-refractivity contribution in [3.8, 4) is 5.75 Å². The molecule has 0 aliphatic rings. The summed E-state index contributed by atoms with van der Waals surface area (Å²) in [5, 5.41) is 5.79. The molecule has 0 atom stereocenters. The molecule has 0 fully saturated rings. The zero-order chi connectivity index (χ0) is 15.9. The van der Waals surface area contributed by atoms with Crippen LogP contribution in [0.2, 0.25) is 0 Å². The quantitative estimate of drug-likeness (QED) is 0.555. The summed E-state index contributed by atoms with van der Waals surface area (Å²) in [6, 6.07) is 5.42. The summed E-state index contributed by atoms with van der Waals surface area (Å²) in [7, 11) is 0. The highest BCUT2D eigenvalue weighted by molar-refractivity contribution is 5.68. The monoisotopic (exact) mass is 295 g/mol. The largest absolute Gasteiger partial charge is 0.492 e. The Kier molecular flexibility index (Phi) is 6.14. The fourth-order valence-electron chi connectivity index (χ4n) is 1.60. The van der Waals surface area contributed by atoms with Crippen LogP contribution in [0.3, 0.4) is 0 Å². The van der Waals surface area contributed by atoms with Gasteiger partial charge in [0.25, 0.3) is 0 Å². The van der Waals surface area contributed by atoms with Crippen molar-refractivity contribution < 1.29 is 14.3 Å². The van der Waals surface area contributed by atoms with Crippen LogP contribution < -0.4 is 21.1 Å². The summed E-state index contributed by atoms with van der Waals surface area (Å²) in [5.41, 5.74) is 6.86. The Morgan fingerprint density at radius 3 is 2.67 bits per heavy atom. The van der Waals surface area contributed by atoms with Gasteiger partial charge < -0.3 is 25.8 Å². The molecule has 0 aromatic heterocycles. The number of nitrogen functional groups attached to an aromatic ring is 1. The van der Waals surface area contributed by atoms with E-state index in [1.165, 1.54) is 0 Å². The van der Waals surface area contributed by atoms with Gasteiger partial charge in [-0.3, -0.25) is 0 Å². The highest BCUT2D eigenvalue weighted by Gasteiger charge is 2.15. The molecule has 0 aliphatic heterocycles. The third-order valence-electron chi connectivity index (χ3n) is 2.43. The lowest BCUT2D eigenvalue weighted by molar-refractivity contribution is 0.0520. The number of benzene rings is 1. The van der Waals surface area contributed by atoms with Gasteiger partial charge in [-0.05, 0) is 39.8 Å². The van der Waals surface area contributed by atoms with Gasteiger partial charge in [-0.25, -0.2) is 4.79 Å². The number of alkyl carbamates (subject to hydrolysis) is 1. The minimum Gasteiger partial charge on any atom is -0.492 e. The normalized spacial score (nSPS) is 10.9. The fourth-order valence-corrected chi connectivity index (χ4v) is 1.60. The van der Waals surface area contributed by atoms with Crippen molar-refractivity contribution in [3.63, 3.8) is 0 Å². The van der Waals surface area contributed by atoms with Gasteiger partial charge in [0.2, 0.25) is 0 Å². The van der Waals surface area contributed by atoms with Crippen molar-refractivity contribution in [1.29, 1.82) is 0 Å². The second kappa shape index (κ2) is 7.61. The van der Waals surface area contributed by atoms with Crippen LogP contribution in [-0.2, 0) is 4.74 Å². The fraction of sp³-hybridized carbons (Fsp3) is 0.533. The van der Waals surface area contributed by atoms with Gasteiger partial charge in [-0.2, -0.15) is 0 Å². The highest BCUT2D eigenvalue weighted by atomic mass is 16.6. The third kappa shape index (κ3) is 6.74. The van der Waals surface area contributed by atoms with E-state index in [2.05, 4.69) is 10.6 Å². The van der Waals surface area contributed by atoms with Crippen molar-refractivity contribution >= 4 is 17.5 Å². The first-order chi connectivity index (χ1) is 9.81. The van der Waals surface area contributed by atoms with Gasteiger partial charge in [0.1, 0.15) is 18.0 Å². The lowest BCUT2D eigenvalue weighted by Crippen LogP contribution is -2.34. The van der Waals surface area contributed by atoms with Gasteiger partial charge in [0.05, 0.1) is 17.9 Å². The minimum absolute atomic E-state index is 0.356. The lowest BCUT2D eigenvalue weighted by Gasteiger charge is -2.19. The summed E-state index contributed by atoms with van der Waals surface area (Å²) in [5.74, 6) is 0.700. The van der Waals surface area contributed by atoms with Gasteiger partial charge in [-0.1, -0.05) is 0 Å². The van der Waals surface area contributed by atoms with E-state index in [-0.39, 0.29) is 0 Å². The van der Waals surface area contributed by atoms with E-state index in [0.29, 0.717) is 24.6 Å². The van der Waals surface area contributed by atoms with E-state index in [0.717, 1.165) is 12.2 Å². The average Bonchev–Trinajstić information content (AvgIpc) is 2.36. The Bertz CT molecular complexity index is 470. The molecule has 0 radical (unpaired) electrons. The molecule has 118 valence electrons. The molecule has 0 unspecified atom stereocenters. The number of rotatable bonds is 6. The summed E-state index contributed by atoms with van der Waals surface area (Å²) >= 11 is 0. The van der Waals surface area contributed by atoms with E-state index in [1.807, 2.05) is 33.8 Å². The number of hydrogen-bond acceptors (Lipinski definition) is 5. The lowest BCUT2D eigenvalue weighted by atomic mass is 10.2. The summed E-state index contributed by atoms with van der Waals surface area (Å²) in [4.78, 5) is 11.4. The van der Waals surface area contributed by atoms with Gasteiger partial charge in [-0.15, -0.1) is 0 Å². The van der Waals surface area contributed by atoms with E-state index < -0.39 is 11.7 Å². The Balaban J connectivity index is 2.36. The first-order valence-electron chi connectivity index (χ1n) is 7.05. The van der Waals surface area contributed by atoms with Crippen LogP contribution in [-0.4, -0.2) is 31.4 Å². The number of nitrogens with two attached hydrogens (primary N) is 1. The Morgan fingerprint density at radius 1 is 1.33 bits per heavy atom. The van der Waals surface area contributed by atoms with Crippen molar-refractivity contribution in [2.75, 3.05) is 30.7 Å². The maximum atomic E-state index is 11.4. The molecule has 21 heavy (non-hydrogen) atoms. The zero-order valence-electron chi connectivity index (χ0n) is 13.2. The number of carbonyl (C=O) groups excluding carboxylic acids is 1. The maximum absolute atomic E-state index is 11.4. The van der Waals surface area contributed by atoms with E-state index >= 15 is 0 Å². The number of nitrogens with one attached hydrogen (secondary N) is 2. The van der Waals surface area contributed by atoms with Crippen LogP contribution >= 0.6 is 0 Å². The van der Waals surface area contributed by atoms with E-state index in [9.17, 15) is 4.79 Å². The van der Waals surface area contributed by atoms with Crippen LogP contribution in [0.15, 0.2) is 18.2 Å². The number of ether oxygens (including phenoxy) is 2. The maximum Gasteiger partial charge on any atom is 0.407 e. The number of amides is 1. The predicted octanol–water partition coefficient (Wildman–Crippen LogP) is 2.60. The molecule has 0 heterocycles. The van der Waals surface area contributed by atoms with E-state index in [4.69, 9.17) is 15.2 Å². The van der Waals surface area contributed by atoms with Crippen LogP contribution in [0.1, 0.15) is 27.7 Å². The molecular formula is C15H25N3O3. The van der Waals surface area contributed by atoms with Crippen LogP contribution in [0, 0.1) is 0 Å². The topological polar surface area (TPSA) is 85.6 Å². The third-order valence-corrected chi connectivity index (χ3v) is 2.43. The van der Waals surface area contributed by atoms with Crippen LogP contribution in [0.4, 0.5) is 16.2 Å². The van der Waals surface area contributed by atoms with Gasteiger partial charge in [0.15, 0.2) is 0 Å². The molecule has 6 nitrogen and oxygen atoms in total. The van der Waals surface area contributed by atoms with Crippen molar-refractivity contribution in [2.24, 2.45) is 0 Å². The number of hydrogen-bond donors (Lipinski definition) is 3. The van der Waals surface area contributed by atoms with Crippen LogP contribution in [0.5, 0.6) is 5.75 Å². The molecule has 0 bridgehead atoms. The summed E-state index contributed by atoms with van der Waals surface area (Å²) < 4.78 is 10.7. The molecule has 1 rings (SSSR count). The molecule has 1 aromatic rings. The zero-order valence-corrected chi connectivity index (χ0v) is 13.2. The molecule has 0 saturated carbocycles. The smallest absolute Gasteiger partial charge is 0.407 e. The first kappa shape index (κ1) is 16.9. The standard InChI is InChI=1S/C15H25N3O3/c1-5-17-13-10-11(6-7-12(13)16)20-9-8-18-14(19)21-15(2,3)4/h6-7,10,17H,5,8-9,16H2,1-4H3,(H,18,19).